The van der Waals surface area contributed by atoms with Crippen molar-refractivity contribution >= 4 is 0 Å². The molecule has 0 amide bonds. The van der Waals surface area contributed by atoms with Crippen LogP contribution in [0.1, 0.15) is 17.5 Å². The molecule has 2 nitrogen and oxygen atoms in total. The smallest absolute Gasteiger partial charge is 0.139 e. The van der Waals surface area contributed by atoms with E-state index in [1.807, 2.05) is 48.5 Å². The third-order valence-electron chi connectivity index (χ3n) is 3.79. The quantitative estimate of drug-likeness (QED) is 0.853. The molecular weight excluding hydrogens is 258 g/mol. The third-order valence-corrected chi connectivity index (χ3v) is 3.79. The van der Waals surface area contributed by atoms with E-state index in [4.69, 9.17) is 0 Å². The van der Waals surface area contributed by atoms with Crippen LogP contribution < -0.4 is 0 Å². The minimum Gasteiger partial charge on any atom is -0.376 e. The molecule has 1 unspecified atom stereocenters. The predicted octanol–water partition coefficient (Wildman–Crippen LogP) is 2.68. The van der Waals surface area contributed by atoms with E-state index >= 15 is 0 Å². The molecule has 0 spiro atoms. The van der Waals surface area contributed by atoms with Crippen molar-refractivity contribution in [3.63, 3.8) is 0 Å². The molecule has 21 heavy (non-hydrogen) atoms. The fourth-order valence-electron chi connectivity index (χ4n) is 2.66. The highest BCUT2D eigenvalue weighted by Gasteiger charge is 2.34. The van der Waals surface area contributed by atoms with Crippen LogP contribution in [0.5, 0.6) is 0 Å². The van der Waals surface area contributed by atoms with Crippen molar-refractivity contribution in [2.75, 3.05) is 13.1 Å². The van der Waals surface area contributed by atoms with Gasteiger partial charge in [-0.2, -0.15) is 0 Å². The summed E-state index contributed by atoms with van der Waals surface area (Å²) in [6.07, 6.45) is 0.708. The second kappa shape index (κ2) is 6.13. The van der Waals surface area contributed by atoms with Gasteiger partial charge in [0.25, 0.3) is 0 Å². The Hall–Kier alpha value is -2.08. The largest absolute Gasteiger partial charge is 0.376 e. The van der Waals surface area contributed by atoms with Crippen molar-refractivity contribution in [2.45, 2.75) is 18.6 Å². The van der Waals surface area contributed by atoms with Gasteiger partial charge >= 0.3 is 0 Å². The number of rotatable bonds is 2. The molecule has 0 bridgehead atoms. The minimum atomic E-state index is -0.884. The van der Waals surface area contributed by atoms with Crippen LogP contribution in [0.4, 0.5) is 0 Å². The Kier molecular flexibility index (Phi) is 4.06. The van der Waals surface area contributed by atoms with Gasteiger partial charge in [-0.15, -0.1) is 0 Å². The number of nitrogens with zero attached hydrogens (tertiary/aromatic N) is 1. The molecule has 1 fully saturated rings. The average Bonchev–Trinajstić information content (AvgIpc) is 2.89. The van der Waals surface area contributed by atoms with E-state index in [9.17, 15) is 5.11 Å². The zero-order valence-corrected chi connectivity index (χ0v) is 12.0. The normalized spacial score (nSPS) is 21.8. The van der Waals surface area contributed by atoms with E-state index in [-0.39, 0.29) is 0 Å². The zero-order valence-electron chi connectivity index (χ0n) is 12.0. The molecular formula is C19H19NO. The molecule has 0 aromatic heterocycles. The van der Waals surface area contributed by atoms with Crippen LogP contribution in [0.15, 0.2) is 60.7 Å². The first kappa shape index (κ1) is 13.9. The molecule has 0 radical (unpaired) electrons. The zero-order chi connectivity index (χ0) is 14.5. The predicted molar refractivity (Wildman–Crippen MR) is 84.6 cm³/mol. The summed E-state index contributed by atoms with van der Waals surface area (Å²) >= 11 is 0. The first-order valence-corrected chi connectivity index (χ1v) is 7.30. The van der Waals surface area contributed by atoms with Gasteiger partial charge < -0.3 is 5.11 Å². The summed E-state index contributed by atoms with van der Waals surface area (Å²) in [6, 6.07) is 20.2. The van der Waals surface area contributed by atoms with Crippen LogP contribution >= 0.6 is 0 Å². The van der Waals surface area contributed by atoms with Crippen molar-refractivity contribution < 1.29 is 5.11 Å². The maximum absolute atomic E-state index is 10.6. The van der Waals surface area contributed by atoms with E-state index in [0.29, 0.717) is 13.0 Å². The molecule has 2 aromatic carbocycles. The number of hydrogen-bond acceptors (Lipinski definition) is 2. The van der Waals surface area contributed by atoms with Gasteiger partial charge in [0.15, 0.2) is 0 Å². The van der Waals surface area contributed by atoms with Crippen LogP contribution in [0.25, 0.3) is 0 Å². The highest BCUT2D eigenvalue weighted by atomic mass is 16.3. The van der Waals surface area contributed by atoms with Gasteiger partial charge in [0.05, 0.1) is 0 Å². The Labute approximate surface area is 126 Å². The molecule has 1 saturated heterocycles. The number of likely N-dealkylation sites (tertiary alicyclic amines) is 1. The summed E-state index contributed by atoms with van der Waals surface area (Å²) in [6.45, 7) is 2.37. The molecule has 1 heterocycles. The first-order chi connectivity index (χ1) is 10.2. The van der Waals surface area contributed by atoms with Crippen LogP contribution in [0, 0.1) is 11.8 Å². The Bertz CT molecular complexity index is 642. The van der Waals surface area contributed by atoms with Gasteiger partial charge in [-0.1, -0.05) is 60.4 Å². The minimum absolute atomic E-state index is 0.613. The van der Waals surface area contributed by atoms with E-state index in [1.165, 1.54) is 5.56 Å². The van der Waals surface area contributed by atoms with E-state index in [0.717, 1.165) is 18.7 Å². The molecule has 1 aliphatic heterocycles. The molecule has 106 valence electrons. The number of aliphatic hydroxyl groups is 1. The highest BCUT2D eigenvalue weighted by Crippen LogP contribution is 2.22. The Morgan fingerprint density at radius 3 is 2.38 bits per heavy atom. The fraction of sp³-hybridized carbons (Fsp3) is 0.263. The van der Waals surface area contributed by atoms with Gasteiger partial charge in [-0.3, -0.25) is 4.90 Å². The summed E-state index contributed by atoms with van der Waals surface area (Å²) in [5.41, 5.74) is 1.34. The lowest BCUT2D eigenvalue weighted by atomic mass is 10.0. The highest BCUT2D eigenvalue weighted by molar-refractivity contribution is 5.36. The maximum Gasteiger partial charge on any atom is 0.139 e. The maximum atomic E-state index is 10.6. The van der Waals surface area contributed by atoms with E-state index in [1.54, 1.807) is 0 Å². The van der Waals surface area contributed by atoms with Crippen molar-refractivity contribution in [3.05, 3.63) is 71.8 Å². The Morgan fingerprint density at radius 1 is 1.00 bits per heavy atom. The lowest BCUT2D eigenvalue weighted by Gasteiger charge is -2.18. The SMILES string of the molecule is OC1(C#Cc2ccccc2)CCN(Cc2ccccc2)C1. The summed E-state index contributed by atoms with van der Waals surface area (Å²) in [4.78, 5) is 2.26. The first-order valence-electron chi connectivity index (χ1n) is 7.30. The van der Waals surface area contributed by atoms with Crippen molar-refractivity contribution in [2.24, 2.45) is 0 Å². The lowest BCUT2D eigenvalue weighted by molar-refractivity contribution is 0.107. The van der Waals surface area contributed by atoms with Gasteiger partial charge in [0.2, 0.25) is 0 Å². The summed E-state index contributed by atoms with van der Waals surface area (Å²) in [5, 5.41) is 10.6. The second-order valence-electron chi connectivity index (χ2n) is 5.59. The van der Waals surface area contributed by atoms with Gasteiger partial charge in [-0.25, -0.2) is 0 Å². The Balaban J connectivity index is 1.64. The topological polar surface area (TPSA) is 23.5 Å². The van der Waals surface area contributed by atoms with Crippen LogP contribution in [0.2, 0.25) is 0 Å². The third kappa shape index (κ3) is 3.72. The van der Waals surface area contributed by atoms with Crippen molar-refractivity contribution in [1.82, 2.24) is 4.90 Å². The molecule has 2 aromatic rings. The second-order valence-corrected chi connectivity index (χ2v) is 5.59. The molecule has 1 aliphatic rings. The van der Waals surface area contributed by atoms with E-state index < -0.39 is 5.60 Å². The van der Waals surface area contributed by atoms with Gasteiger partial charge in [-0.05, 0) is 17.7 Å². The Morgan fingerprint density at radius 2 is 1.67 bits per heavy atom. The molecule has 2 heteroatoms. The summed E-state index contributed by atoms with van der Waals surface area (Å²) in [5.74, 6) is 6.14. The van der Waals surface area contributed by atoms with E-state index in [2.05, 4.69) is 28.9 Å². The molecule has 0 aliphatic carbocycles. The van der Waals surface area contributed by atoms with Crippen LogP contribution in [0.3, 0.4) is 0 Å². The summed E-state index contributed by atoms with van der Waals surface area (Å²) < 4.78 is 0. The van der Waals surface area contributed by atoms with Crippen LogP contribution in [-0.2, 0) is 6.54 Å². The molecule has 3 rings (SSSR count). The molecule has 0 saturated carbocycles. The lowest BCUT2D eigenvalue weighted by Crippen LogP contribution is -2.31. The number of β-amino-alcohol motifs (C(OH)–C–C–N with tert-alkyl or cyclic N) is 1. The number of hydrogen-bond donors (Lipinski definition) is 1. The standard InChI is InChI=1S/C19H19NO/c21-19(12-11-17-7-3-1-4-8-17)13-14-20(16-19)15-18-9-5-2-6-10-18/h1-10,21H,13-16H2. The van der Waals surface area contributed by atoms with Crippen molar-refractivity contribution in [1.29, 1.82) is 0 Å². The molecule has 1 atom stereocenters. The fourth-order valence-corrected chi connectivity index (χ4v) is 2.66. The molecule has 1 N–H and O–H groups in total. The van der Waals surface area contributed by atoms with Crippen molar-refractivity contribution in [3.8, 4) is 11.8 Å². The average molecular weight is 277 g/mol. The summed E-state index contributed by atoms with van der Waals surface area (Å²) in [7, 11) is 0. The monoisotopic (exact) mass is 277 g/mol. The van der Waals surface area contributed by atoms with Gasteiger partial charge in [0, 0.05) is 31.6 Å². The van der Waals surface area contributed by atoms with Gasteiger partial charge in [0.1, 0.15) is 5.60 Å². The number of benzene rings is 2. The van der Waals surface area contributed by atoms with Crippen LogP contribution in [-0.4, -0.2) is 28.7 Å².